The van der Waals surface area contributed by atoms with E-state index in [1.165, 1.54) is 21.1 Å². The smallest absolute Gasteiger partial charge is 0.243 e. The van der Waals surface area contributed by atoms with Crippen molar-refractivity contribution in [1.29, 1.82) is 0 Å². The summed E-state index contributed by atoms with van der Waals surface area (Å²) in [5, 5.41) is 4.01. The summed E-state index contributed by atoms with van der Waals surface area (Å²) >= 11 is 5.87. The fourth-order valence-electron chi connectivity index (χ4n) is 5.18. The first-order valence-corrected chi connectivity index (χ1v) is 13.3. The van der Waals surface area contributed by atoms with E-state index in [1.807, 2.05) is 0 Å². The summed E-state index contributed by atoms with van der Waals surface area (Å²) in [5.74, 6) is 0.430. The molecule has 5 rings (SSSR count). The van der Waals surface area contributed by atoms with Gasteiger partial charge in [0.2, 0.25) is 10.0 Å². The first kappa shape index (κ1) is 22.7. The second-order valence-corrected chi connectivity index (χ2v) is 11.5. The van der Waals surface area contributed by atoms with E-state index in [1.54, 1.807) is 24.3 Å². The van der Waals surface area contributed by atoms with Crippen molar-refractivity contribution in [2.24, 2.45) is 0 Å². The van der Waals surface area contributed by atoms with Gasteiger partial charge in [-0.25, -0.2) is 8.42 Å². The number of likely N-dealkylation sites (N-methyl/N-ethyl adjacent to an activating group) is 1. The highest BCUT2D eigenvalue weighted by molar-refractivity contribution is 7.89. The van der Waals surface area contributed by atoms with Crippen LogP contribution in [0.5, 0.6) is 0 Å². The van der Waals surface area contributed by atoms with Crippen molar-refractivity contribution in [1.82, 2.24) is 9.21 Å². The number of thiocarbonyl (C=S) groups is 1. The number of hydrogen-bond donors (Lipinski definition) is 1. The van der Waals surface area contributed by atoms with Gasteiger partial charge in [-0.1, -0.05) is 17.7 Å². The predicted molar refractivity (Wildman–Crippen MR) is 135 cm³/mol. The molecule has 2 fully saturated rings. The maximum atomic E-state index is 12.9. The van der Waals surface area contributed by atoms with E-state index in [9.17, 15) is 8.42 Å². The SMILES string of the molecule is Cc1ccc2c(c1)C1CN(C)CCC1N2C(=S)Nc1ccc(S(=O)(=O)N2CCOCC2)cc1. The second kappa shape index (κ2) is 8.96. The van der Waals surface area contributed by atoms with Crippen LogP contribution < -0.4 is 10.2 Å². The van der Waals surface area contributed by atoms with E-state index in [0.717, 1.165) is 25.2 Å². The minimum Gasteiger partial charge on any atom is -0.379 e. The number of benzene rings is 2. The Labute approximate surface area is 201 Å². The molecule has 1 N–H and O–H groups in total. The number of fused-ring (bicyclic) bond motifs is 3. The number of hydrogen-bond acceptors (Lipinski definition) is 5. The molecule has 0 saturated carbocycles. The molecule has 2 aromatic rings. The van der Waals surface area contributed by atoms with Crippen LogP contribution in [0.3, 0.4) is 0 Å². The molecule has 3 aliphatic rings. The third kappa shape index (κ3) is 4.28. The summed E-state index contributed by atoms with van der Waals surface area (Å²) in [6.07, 6.45) is 1.05. The quantitative estimate of drug-likeness (QED) is 0.669. The van der Waals surface area contributed by atoms with Gasteiger partial charge in [0.05, 0.1) is 18.1 Å². The number of piperidine rings is 1. The first-order chi connectivity index (χ1) is 15.8. The van der Waals surface area contributed by atoms with Gasteiger partial charge in [0, 0.05) is 43.0 Å². The summed E-state index contributed by atoms with van der Waals surface area (Å²) in [7, 11) is -1.33. The molecule has 2 atom stereocenters. The van der Waals surface area contributed by atoms with Crippen molar-refractivity contribution in [3.05, 3.63) is 53.6 Å². The van der Waals surface area contributed by atoms with E-state index >= 15 is 0 Å². The number of likely N-dealkylation sites (tertiary alicyclic amines) is 1. The van der Waals surface area contributed by atoms with Crippen molar-refractivity contribution in [3.8, 4) is 0 Å². The van der Waals surface area contributed by atoms with Crippen molar-refractivity contribution in [2.75, 3.05) is 56.7 Å². The highest BCUT2D eigenvalue weighted by atomic mass is 32.2. The Morgan fingerprint density at radius 2 is 1.82 bits per heavy atom. The third-order valence-electron chi connectivity index (χ3n) is 6.89. The van der Waals surface area contributed by atoms with Gasteiger partial charge >= 0.3 is 0 Å². The summed E-state index contributed by atoms with van der Waals surface area (Å²) in [4.78, 5) is 4.94. The summed E-state index contributed by atoms with van der Waals surface area (Å²) in [6.45, 7) is 5.84. The van der Waals surface area contributed by atoms with Gasteiger partial charge in [-0.2, -0.15) is 4.31 Å². The summed E-state index contributed by atoms with van der Waals surface area (Å²) in [6, 6.07) is 13.8. The molecule has 0 spiro atoms. The van der Waals surface area contributed by atoms with Gasteiger partial charge < -0.3 is 19.9 Å². The lowest BCUT2D eigenvalue weighted by Gasteiger charge is -2.37. The van der Waals surface area contributed by atoms with Crippen LogP contribution in [0.1, 0.15) is 23.5 Å². The molecule has 9 heteroatoms. The highest BCUT2D eigenvalue weighted by Crippen LogP contribution is 2.45. The molecule has 2 aromatic carbocycles. The van der Waals surface area contributed by atoms with Gasteiger partial charge in [-0.05, 0) is 75.1 Å². The third-order valence-corrected chi connectivity index (χ3v) is 9.10. The molecule has 0 bridgehead atoms. The topological polar surface area (TPSA) is 65.1 Å². The van der Waals surface area contributed by atoms with Crippen molar-refractivity contribution >= 4 is 38.7 Å². The highest BCUT2D eigenvalue weighted by Gasteiger charge is 2.42. The Morgan fingerprint density at radius 1 is 1.09 bits per heavy atom. The molecule has 3 heterocycles. The summed E-state index contributed by atoms with van der Waals surface area (Å²) in [5.41, 5.74) is 4.59. The van der Waals surface area contributed by atoms with Gasteiger partial charge in [-0.15, -0.1) is 0 Å². The monoisotopic (exact) mass is 486 g/mol. The Hall–Kier alpha value is -2.04. The lowest BCUT2D eigenvalue weighted by Crippen LogP contribution is -2.48. The Balaban J connectivity index is 1.35. The van der Waals surface area contributed by atoms with Crippen LogP contribution in [-0.4, -0.2) is 75.2 Å². The maximum Gasteiger partial charge on any atom is 0.243 e. The fourth-order valence-corrected chi connectivity index (χ4v) is 6.94. The molecule has 7 nitrogen and oxygen atoms in total. The molecule has 0 aliphatic carbocycles. The van der Waals surface area contributed by atoms with Crippen LogP contribution in [-0.2, 0) is 14.8 Å². The molecule has 33 heavy (non-hydrogen) atoms. The number of anilines is 2. The molecule has 3 aliphatic heterocycles. The number of morpholine rings is 1. The largest absolute Gasteiger partial charge is 0.379 e. The molecule has 2 unspecified atom stereocenters. The molecule has 0 amide bonds. The van der Waals surface area contributed by atoms with E-state index in [-0.39, 0.29) is 0 Å². The standard InChI is InChI=1S/C24H30N4O3S2/c1-17-3-8-22-20(15-17)21-16-26(2)10-9-23(21)28(22)24(32)25-18-4-6-19(7-5-18)33(29,30)27-11-13-31-14-12-27/h3-8,15,21,23H,9-14,16H2,1-2H3,(H,25,32). The van der Waals surface area contributed by atoms with E-state index in [0.29, 0.717) is 48.3 Å². The zero-order valence-electron chi connectivity index (χ0n) is 19.0. The molecule has 0 radical (unpaired) electrons. The number of nitrogens with one attached hydrogen (secondary N) is 1. The minimum absolute atomic E-state index is 0.290. The molecule has 2 saturated heterocycles. The average Bonchev–Trinajstić information content (AvgIpc) is 3.13. The zero-order chi connectivity index (χ0) is 23.2. The van der Waals surface area contributed by atoms with E-state index in [2.05, 4.69) is 47.3 Å². The number of ether oxygens (including phenoxy) is 1. The van der Waals surface area contributed by atoms with Crippen molar-refractivity contribution < 1.29 is 13.2 Å². The Kier molecular flexibility index (Phi) is 6.17. The molecule has 0 aromatic heterocycles. The van der Waals surface area contributed by atoms with E-state index < -0.39 is 10.0 Å². The normalized spacial score (nSPS) is 23.8. The first-order valence-electron chi connectivity index (χ1n) is 11.4. The Bertz CT molecular complexity index is 1150. The zero-order valence-corrected chi connectivity index (χ0v) is 20.7. The number of sulfonamides is 1. The summed E-state index contributed by atoms with van der Waals surface area (Å²) < 4.78 is 32.5. The van der Waals surface area contributed by atoms with Gasteiger partial charge in [-0.3, -0.25) is 0 Å². The van der Waals surface area contributed by atoms with Gasteiger partial charge in [0.25, 0.3) is 0 Å². The fraction of sp³-hybridized carbons (Fsp3) is 0.458. The maximum absolute atomic E-state index is 12.9. The number of nitrogens with zero attached hydrogens (tertiary/aromatic N) is 3. The van der Waals surface area contributed by atoms with Crippen LogP contribution in [0.15, 0.2) is 47.4 Å². The predicted octanol–water partition coefficient (Wildman–Crippen LogP) is 3.02. The number of aryl methyl sites for hydroxylation is 1. The lowest BCUT2D eigenvalue weighted by molar-refractivity contribution is 0.0730. The van der Waals surface area contributed by atoms with E-state index in [4.69, 9.17) is 17.0 Å². The van der Waals surface area contributed by atoms with Crippen molar-refractivity contribution in [3.63, 3.8) is 0 Å². The molecular formula is C24H30N4O3S2. The van der Waals surface area contributed by atoms with Crippen LogP contribution in [0, 0.1) is 6.92 Å². The minimum atomic E-state index is -3.51. The molecular weight excluding hydrogens is 456 g/mol. The lowest BCUT2D eigenvalue weighted by atomic mass is 9.89. The average molecular weight is 487 g/mol. The van der Waals surface area contributed by atoms with Crippen molar-refractivity contribution in [2.45, 2.75) is 30.2 Å². The van der Waals surface area contributed by atoms with Gasteiger partial charge in [0.1, 0.15) is 0 Å². The van der Waals surface area contributed by atoms with Crippen LogP contribution in [0.4, 0.5) is 11.4 Å². The van der Waals surface area contributed by atoms with Crippen LogP contribution >= 0.6 is 12.2 Å². The van der Waals surface area contributed by atoms with Crippen LogP contribution in [0.25, 0.3) is 0 Å². The Morgan fingerprint density at radius 3 is 2.55 bits per heavy atom. The number of rotatable bonds is 3. The van der Waals surface area contributed by atoms with Crippen LogP contribution in [0.2, 0.25) is 0 Å². The van der Waals surface area contributed by atoms with Gasteiger partial charge in [0.15, 0.2) is 5.11 Å². The second-order valence-electron chi connectivity index (χ2n) is 9.13. The molecule has 176 valence electrons.